The fourth-order valence-corrected chi connectivity index (χ4v) is 3.23. The predicted molar refractivity (Wildman–Crippen MR) is 130 cm³/mol. The van der Waals surface area contributed by atoms with Gasteiger partial charge in [0.1, 0.15) is 11.5 Å². The van der Waals surface area contributed by atoms with Crippen LogP contribution in [0.4, 0.5) is 0 Å². The monoisotopic (exact) mass is 475 g/mol. The van der Waals surface area contributed by atoms with Gasteiger partial charge in [-0.1, -0.05) is 37.1 Å². The highest BCUT2D eigenvalue weighted by Gasteiger charge is 2.24. The lowest BCUT2D eigenvalue weighted by molar-refractivity contribution is -0.129. The molecule has 3 aromatic rings. The van der Waals surface area contributed by atoms with Crippen LogP contribution in [0.1, 0.15) is 41.3 Å². The topological polar surface area (TPSA) is 74.2 Å². The van der Waals surface area contributed by atoms with Crippen molar-refractivity contribution in [3.05, 3.63) is 100 Å². The van der Waals surface area contributed by atoms with E-state index in [-0.39, 0.29) is 11.6 Å². The molecule has 1 heterocycles. The van der Waals surface area contributed by atoms with Crippen molar-refractivity contribution in [2.45, 2.75) is 19.8 Å². The molecule has 0 aromatic heterocycles. The molecule has 172 valence electrons. The van der Waals surface area contributed by atoms with Gasteiger partial charge in [0.2, 0.25) is 5.90 Å². The highest BCUT2D eigenvalue weighted by Crippen LogP contribution is 2.22. The molecule has 0 radical (unpaired) electrons. The molecule has 0 atom stereocenters. The molecular weight excluding hydrogens is 454 g/mol. The zero-order valence-electron chi connectivity index (χ0n) is 18.5. The van der Waals surface area contributed by atoms with Gasteiger partial charge in [-0.05, 0) is 78.7 Å². The summed E-state index contributed by atoms with van der Waals surface area (Å²) in [6.45, 7) is 2.77. The number of hydrogen-bond donors (Lipinski definition) is 0. The van der Waals surface area contributed by atoms with Crippen molar-refractivity contribution in [2.24, 2.45) is 4.99 Å². The number of halogens is 1. The van der Waals surface area contributed by atoms with E-state index in [4.69, 9.17) is 25.8 Å². The predicted octanol–water partition coefficient (Wildman–Crippen LogP) is 6.08. The number of esters is 2. The second-order valence-corrected chi connectivity index (χ2v) is 7.96. The van der Waals surface area contributed by atoms with Crippen LogP contribution >= 0.6 is 11.6 Å². The van der Waals surface area contributed by atoms with Crippen LogP contribution in [0, 0.1) is 0 Å². The summed E-state index contributed by atoms with van der Waals surface area (Å²) in [6, 6.07) is 20.4. The summed E-state index contributed by atoms with van der Waals surface area (Å²) in [4.78, 5) is 28.8. The van der Waals surface area contributed by atoms with Gasteiger partial charge in [-0.15, -0.1) is 0 Å². The first-order chi connectivity index (χ1) is 16.5. The van der Waals surface area contributed by atoms with Crippen LogP contribution in [0.5, 0.6) is 11.5 Å². The summed E-state index contributed by atoms with van der Waals surface area (Å²) in [5.74, 6) is 0.357. The molecule has 0 saturated heterocycles. The van der Waals surface area contributed by atoms with E-state index < -0.39 is 11.9 Å². The Kier molecular flexibility index (Phi) is 7.40. The molecule has 1 aliphatic rings. The molecule has 4 rings (SSSR count). The zero-order valence-corrected chi connectivity index (χ0v) is 19.2. The number of unbranched alkanes of at least 4 members (excludes halogenated alkanes) is 1. The largest absolute Gasteiger partial charge is 0.494 e. The molecule has 0 unspecified atom stereocenters. The Morgan fingerprint density at radius 3 is 2.32 bits per heavy atom. The van der Waals surface area contributed by atoms with Crippen molar-refractivity contribution < 1.29 is 23.8 Å². The first-order valence-electron chi connectivity index (χ1n) is 10.9. The van der Waals surface area contributed by atoms with E-state index in [1.54, 1.807) is 66.7 Å². The molecule has 6 nitrogen and oxygen atoms in total. The van der Waals surface area contributed by atoms with E-state index in [1.807, 2.05) is 12.1 Å². The van der Waals surface area contributed by atoms with Gasteiger partial charge in [0.15, 0.2) is 5.70 Å². The molecular formula is C27H22ClNO5. The molecule has 1 aliphatic heterocycles. The van der Waals surface area contributed by atoms with Crippen molar-refractivity contribution in [1.29, 1.82) is 0 Å². The standard InChI is InChI=1S/C27H22ClNO5/c1-2-3-16-32-22-14-8-19(9-15-22)25-29-24(27(31)34-25)17-18-4-12-23(13-5-18)33-26(30)20-6-10-21(28)11-7-20/h4-15,17H,2-3,16H2,1H3. The number of benzene rings is 3. The summed E-state index contributed by atoms with van der Waals surface area (Å²) in [6.07, 6.45) is 3.67. The molecule has 0 amide bonds. The fourth-order valence-electron chi connectivity index (χ4n) is 3.10. The van der Waals surface area contributed by atoms with Crippen LogP contribution in [-0.4, -0.2) is 24.4 Å². The quantitative estimate of drug-likeness (QED) is 0.171. The molecule has 3 aromatic carbocycles. The lowest BCUT2D eigenvalue weighted by atomic mass is 10.2. The second kappa shape index (κ2) is 10.8. The molecule has 0 saturated carbocycles. The third kappa shape index (κ3) is 5.91. The van der Waals surface area contributed by atoms with Crippen LogP contribution in [0.25, 0.3) is 6.08 Å². The van der Waals surface area contributed by atoms with Gasteiger partial charge in [0.05, 0.1) is 12.2 Å². The Hall–Kier alpha value is -3.90. The van der Waals surface area contributed by atoms with E-state index >= 15 is 0 Å². The molecule has 34 heavy (non-hydrogen) atoms. The highest BCUT2D eigenvalue weighted by atomic mass is 35.5. The average molecular weight is 476 g/mol. The van der Waals surface area contributed by atoms with Crippen molar-refractivity contribution in [2.75, 3.05) is 6.61 Å². The lowest BCUT2D eigenvalue weighted by Gasteiger charge is -2.05. The third-order valence-electron chi connectivity index (χ3n) is 4.96. The highest BCUT2D eigenvalue weighted by molar-refractivity contribution is 6.30. The van der Waals surface area contributed by atoms with Crippen LogP contribution in [0.2, 0.25) is 5.02 Å². The van der Waals surface area contributed by atoms with E-state index in [0.29, 0.717) is 34.1 Å². The van der Waals surface area contributed by atoms with Crippen LogP contribution in [0.3, 0.4) is 0 Å². The van der Waals surface area contributed by atoms with E-state index in [0.717, 1.165) is 18.6 Å². The number of cyclic esters (lactones) is 1. The average Bonchev–Trinajstić information content (AvgIpc) is 3.21. The summed E-state index contributed by atoms with van der Waals surface area (Å²) in [5.41, 5.74) is 1.97. The van der Waals surface area contributed by atoms with Gasteiger partial charge in [-0.2, -0.15) is 0 Å². The van der Waals surface area contributed by atoms with E-state index in [9.17, 15) is 9.59 Å². The minimum absolute atomic E-state index is 0.184. The zero-order chi connectivity index (χ0) is 23.9. The maximum atomic E-state index is 12.3. The number of carbonyl (C=O) groups excluding carboxylic acids is 2. The van der Waals surface area contributed by atoms with Crippen LogP contribution in [0.15, 0.2) is 83.5 Å². The summed E-state index contributed by atoms with van der Waals surface area (Å²) in [7, 11) is 0. The van der Waals surface area contributed by atoms with Gasteiger partial charge in [-0.3, -0.25) is 0 Å². The Bertz CT molecular complexity index is 1230. The normalized spacial score (nSPS) is 14.0. The van der Waals surface area contributed by atoms with E-state index in [1.165, 1.54) is 0 Å². The smallest absolute Gasteiger partial charge is 0.363 e. The maximum Gasteiger partial charge on any atom is 0.363 e. The molecule has 0 aliphatic carbocycles. The third-order valence-corrected chi connectivity index (χ3v) is 5.21. The molecule has 0 fully saturated rings. The van der Waals surface area contributed by atoms with Gasteiger partial charge >= 0.3 is 11.9 Å². The minimum Gasteiger partial charge on any atom is -0.494 e. The van der Waals surface area contributed by atoms with Crippen molar-refractivity contribution in [3.8, 4) is 11.5 Å². The van der Waals surface area contributed by atoms with Crippen molar-refractivity contribution in [1.82, 2.24) is 0 Å². The number of ether oxygens (including phenoxy) is 3. The molecule has 0 spiro atoms. The van der Waals surface area contributed by atoms with Gasteiger partial charge in [0, 0.05) is 10.6 Å². The van der Waals surface area contributed by atoms with E-state index in [2.05, 4.69) is 11.9 Å². The fraction of sp³-hybridized carbons (Fsp3) is 0.148. The maximum absolute atomic E-state index is 12.3. The van der Waals surface area contributed by atoms with Gasteiger partial charge in [-0.25, -0.2) is 14.6 Å². The first-order valence-corrected chi connectivity index (χ1v) is 11.2. The lowest BCUT2D eigenvalue weighted by Crippen LogP contribution is -2.08. The number of nitrogens with zero attached hydrogens (tertiary/aromatic N) is 1. The van der Waals surface area contributed by atoms with Crippen LogP contribution in [-0.2, 0) is 9.53 Å². The summed E-state index contributed by atoms with van der Waals surface area (Å²) < 4.78 is 16.4. The SMILES string of the molecule is CCCCOc1ccc(C2=NC(=Cc3ccc(OC(=O)c4ccc(Cl)cc4)cc3)C(=O)O2)cc1. The van der Waals surface area contributed by atoms with Gasteiger partial charge in [0.25, 0.3) is 0 Å². The Balaban J connectivity index is 1.41. The number of hydrogen-bond acceptors (Lipinski definition) is 6. The number of carbonyl (C=O) groups is 2. The molecule has 0 N–H and O–H groups in total. The van der Waals surface area contributed by atoms with Crippen LogP contribution < -0.4 is 9.47 Å². The first kappa shape index (κ1) is 23.3. The Labute approximate surface area is 202 Å². The summed E-state index contributed by atoms with van der Waals surface area (Å²) >= 11 is 5.84. The molecule has 7 heteroatoms. The Morgan fingerprint density at radius 1 is 0.971 bits per heavy atom. The number of aliphatic imine (C=N–C) groups is 1. The second-order valence-electron chi connectivity index (χ2n) is 7.53. The number of rotatable bonds is 8. The van der Waals surface area contributed by atoms with Crippen molar-refractivity contribution >= 4 is 35.5 Å². The summed E-state index contributed by atoms with van der Waals surface area (Å²) in [5, 5.41) is 0.540. The minimum atomic E-state index is -0.531. The molecule has 0 bridgehead atoms. The van der Waals surface area contributed by atoms with Crippen molar-refractivity contribution in [3.63, 3.8) is 0 Å². The Morgan fingerprint density at radius 2 is 1.65 bits per heavy atom. The van der Waals surface area contributed by atoms with Gasteiger partial charge < -0.3 is 14.2 Å².